The lowest BCUT2D eigenvalue weighted by Gasteiger charge is -2.02. The van der Waals surface area contributed by atoms with Crippen molar-refractivity contribution in [2.45, 2.75) is 13.3 Å². The molecule has 0 spiro atoms. The van der Waals surface area contributed by atoms with E-state index in [-0.39, 0.29) is 0 Å². The van der Waals surface area contributed by atoms with Crippen LogP contribution in [0.3, 0.4) is 0 Å². The number of benzene rings is 1. The Bertz CT molecular complexity index is 502. The summed E-state index contributed by atoms with van der Waals surface area (Å²) in [4.78, 5) is 4.58. The molecule has 2 aromatic rings. The molecule has 0 aliphatic heterocycles. The van der Waals surface area contributed by atoms with Crippen LogP contribution in [0.2, 0.25) is 0 Å². The molecule has 0 amide bonds. The van der Waals surface area contributed by atoms with Crippen LogP contribution in [0, 0.1) is 6.92 Å². The van der Waals surface area contributed by atoms with Gasteiger partial charge < -0.3 is 10.3 Å². The molecular formula is C11H14BrN3. The largest absolute Gasteiger partial charge is 0.331 e. The van der Waals surface area contributed by atoms with Gasteiger partial charge >= 0.3 is 0 Å². The fraction of sp³-hybridized carbons (Fsp3) is 0.364. The Morgan fingerprint density at radius 3 is 2.87 bits per heavy atom. The molecule has 1 aromatic carbocycles. The van der Waals surface area contributed by atoms with E-state index in [1.165, 1.54) is 11.1 Å². The van der Waals surface area contributed by atoms with E-state index in [1.807, 2.05) is 13.1 Å². The molecular weight excluding hydrogens is 254 g/mol. The Balaban J connectivity index is 2.70. The molecule has 0 unspecified atom stereocenters. The number of hydrogen-bond donors (Lipinski definition) is 1. The van der Waals surface area contributed by atoms with Gasteiger partial charge in [-0.2, -0.15) is 0 Å². The van der Waals surface area contributed by atoms with Crippen LogP contribution in [-0.2, 0) is 13.5 Å². The van der Waals surface area contributed by atoms with E-state index in [1.54, 1.807) is 0 Å². The highest BCUT2D eigenvalue weighted by Crippen LogP contribution is 2.24. The Labute approximate surface area is 97.4 Å². The van der Waals surface area contributed by atoms with Crippen molar-refractivity contribution in [3.05, 3.63) is 28.0 Å². The molecule has 2 N–H and O–H groups in total. The van der Waals surface area contributed by atoms with E-state index >= 15 is 0 Å². The summed E-state index contributed by atoms with van der Waals surface area (Å²) in [7, 11) is 2.04. The van der Waals surface area contributed by atoms with Crippen molar-refractivity contribution in [1.82, 2.24) is 9.55 Å². The van der Waals surface area contributed by atoms with Gasteiger partial charge in [-0.3, -0.25) is 0 Å². The minimum atomic E-state index is 0.636. The van der Waals surface area contributed by atoms with E-state index in [9.17, 15) is 0 Å². The molecule has 0 atom stereocenters. The summed E-state index contributed by atoms with van der Waals surface area (Å²) in [6, 6.07) is 4.15. The highest BCUT2D eigenvalue weighted by atomic mass is 79.9. The zero-order chi connectivity index (χ0) is 11.0. The number of aryl methyl sites for hydroxylation is 2. The van der Waals surface area contributed by atoms with Gasteiger partial charge in [-0.1, -0.05) is 15.9 Å². The fourth-order valence-electron chi connectivity index (χ4n) is 1.94. The first-order valence-corrected chi connectivity index (χ1v) is 5.74. The van der Waals surface area contributed by atoms with Crippen molar-refractivity contribution < 1.29 is 0 Å². The first kappa shape index (κ1) is 10.6. The number of imidazole rings is 1. The number of halogens is 1. The zero-order valence-corrected chi connectivity index (χ0v) is 10.5. The number of fused-ring (bicyclic) bond motifs is 1. The van der Waals surface area contributed by atoms with Crippen molar-refractivity contribution in [2.24, 2.45) is 12.8 Å². The smallest absolute Gasteiger partial charge is 0.110 e. The number of hydrogen-bond acceptors (Lipinski definition) is 2. The maximum atomic E-state index is 5.56. The van der Waals surface area contributed by atoms with Crippen LogP contribution in [0.4, 0.5) is 0 Å². The van der Waals surface area contributed by atoms with E-state index < -0.39 is 0 Å². The van der Waals surface area contributed by atoms with Gasteiger partial charge in [0.1, 0.15) is 5.82 Å². The summed E-state index contributed by atoms with van der Waals surface area (Å²) >= 11 is 3.48. The molecule has 80 valence electrons. The summed E-state index contributed by atoms with van der Waals surface area (Å²) < 4.78 is 3.20. The monoisotopic (exact) mass is 267 g/mol. The molecule has 1 aromatic heterocycles. The molecule has 0 bridgehead atoms. The maximum Gasteiger partial charge on any atom is 0.110 e. The van der Waals surface area contributed by atoms with Gasteiger partial charge in [0.15, 0.2) is 0 Å². The molecule has 0 radical (unpaired) electrons. The van der Waals surface area contributed by atoms with E-state index in [2.05, 4.69) is 38.5 Å². The van der Waals surface area contributed by atoms with Gasteiger partial charge in [0.05, 0.1) is 11.0 Å². The van der Waals surface area contributed by atoms with Crippen LogP contribution in [0.15, 0.2) is 16.6 Å². The first-order chi connectivity index (χ1) is 7.13. The van der Waals surface area contributed by atoms with Crippen LogP contribution in [0.1, 0.15) is 11.4 Å². The van der Waals surface area contributed by atoms with Crippen LogP contribution in [0.5, 0.6) is 0 Å². The van der Waals surface area contributed by atoms with Crippen molar-refractivity contribution in [3.8, 4) is 0 Å². The minimum Gasteiger partial charge on any atom is -0.331 e. The number of nitrogens with zero attached hydrogens (tertiary/aromatic N) is 2. The molecule has 0 fully saturated rings. The maximum absolute atomic E-state index is 5.56. The van der Waals surface area contributed by atoms with Gasteiger partial charge in [-0.05, 0) is 31.2 Å². The second kappa shape index (κ2) is 3.94. The van der Waals surface area contributed by atoms with Crippen LogP contribution < -0.4 is 5.73 Å². The molecule has 0 aliphatic rings. The number of aromatic nitrogens is 2. The normalized spacial score (nSPS) is 11.2. The van der Waals surface area contributed by atoms with E-state index in [4.69, 9.17) is 5.73 Å². The van der Waals surface area contributed by atoms with Crippen LogP contribution in [0.25, 0.3) is 11.0 Å². The van der Waals surface area contributed by atoms with Crippen LogP contribution in [-0.4, -0.2) is 16.1 Å². The van der Waals surface area contributed by atoms with Crippen molar-refractivity contribution in [1.29, 1.82) is 0 Å². The lowest BCUT2D eigenvalue weighted by molar-refractivity contribution is 0.793. The van der Waals surface area contributed by atoms with Crippen LogP contribution >= 0.6 is 15.9 Å². The predicted molar refractivity (Wildman–Crippen MR) is 65.9 cm³/mol. The molecule has 3 nitrogen and oxygen atoms in total. The van der Waals surface area contributed by atoms with E-state index in [0.717, 1.165) is 22.2 Å². The molecule has 15 heavy (non-hydrogen) atoms. The van der Waals surface area contributed by atoms with Crippen molar-refractivity contribution in [3.63, 3.8) is 0 Å². The second-order valence-electron chi connectivity index (χ2n) is 3.72. The third kappa shape index (κ3) is 1.79. The zero-order valence-electron chi connectivity index (χ0n) is 8.92. The average molecular weight is 268 g/mol. The summed E-state index contributed by atoms with van der Waals surface area (Å²) in [6.07, 6.45) is 0.822. The lowest BCUT2D eigenvalue weighted by atomic mass is 10.2. The molecule has 1 heterocycles. The molecule has 4 heteroatoms. The van der Waals surface area contributed by atoms with Gasteiger partial charge in [0, 0.05) is 17.9 Å². The van der Waals surface area contributed by atoms with Crippen molar-refractivity contribution in [2.75, 3.05) is 6.54 Å². The summed E-state index contributed by atoms with van der Waals surface area (Å²) in [5, 5.41) is 0. The van der Waals surface area contributed by atoms with Gasteiger partial charge in [-0.25, -0.2) is 4.98 Å². The highest BCUT2D eigenvalue weighted by Gasteiger charge is 2.09. The molecule has 0 saturated carbocycles. The Morgan fingerprint density at radius 2 is 2.20 bits per heavy atom. The van der Waals surface area contributed by atoms with Gasteiger partial charge in [0.2, 0.25) is 0 Å². The first-order valence-electron chi connectivity index (χ1n) is 4.95. The van der Waals surface area contributed by atoms with E-state index in [0.29, 0.717) is 6.54 Å². The number of nitrogens with two attached hydrogens (primary N) is 1. The van der Waals surface area contributed by atoms with Gasteiger partial charge in [0.25, 0.3) is 0 Å². The molecule has 2 rings (SSSR count). The quantitative estimate of drug-likeness (QED) is 0.906. The fourth-order valence-corrected chi connectivity index (χ4v) is 2.50. The molecule has 0 saturated heterocycles. The van der Waals surface area contributed by atoms with Crippen molar-refractivity contribution >= 4 is 27.0 Å². The van der Waals surface area contributed by atoms with Gasteiger partial charge in [-0.15, -0.1) is 0 Å². The Morgan fingerprint density at radius 1 is 1.47 bits per heavy atom. The third-order valence-corrected chi connectivity index (χ3v) is 3.04. The highest BCUT2D eigenvalue weighted by molar-refractivity contribution is 9.10. The third-order valence-electron chi connectivity index (χ3n) is 2.59. The topological polar surface area (TPSA) is 43.8 Å². The summed E-state index contributed by atoms with van der Waals surface area (Å²) in [5.74, 6) is 1.05. The summed E-state index contributed by atoms with van der Waals surface area (Å²) in [6.45, 7) is 2.73. The lowest BCUT2D eigenvalue weighted by Crippen LogP contribution is -2.07. The Hall–Kier alpha value is -0.870. The minimum absolute atomic E-state index is 0.636. The number of rotatable bonds is 2. The summed E-state index contributed by atoms with van der Waals surface area (Å²) in [5.41, 5.74) is 9.02. The molecule has 0 aliphatic carbocycles. The average Bonchev–Trinajstić information content (AvgIpc) is 2.43. The Kier molecular flexibility index (Phi) is 2.80. The predicted octanol–water partition coefficient (Wildman–Crippen LogP) is 2.15. The second-order valence-corrected chi connectivity index (χ2v) is 4.63. The SMILES string of the molecule is Cc1cc(Br)cc2nc(CCN)n(C)c12. The standard InChI is InChI=1S/C11H14BrN3/c1-7-5-8(12)6-9-11(7)15(2)10(14-9)3-4-13/h5-6H,3-4,13H2,1-2H3.